The number of nitrogens with zero attached hydrogens (tertiary/aromatic N) is 4. The fourth-order valence-corrected chi connectivity index (χ4v) is 2.03. The minimum atomic E-state index is -0.538. The highest BCUT2D eigenvalue weighted by atomic mass is 16.2. The fraction of sp³-hybridized carbons (Fsp3) is 0.538. The van der Waals surface area contributed by atoms with Crippen molar-refractivity contribution in [1.82, 2.24) is 20.2 Å². The topological polar surface area (TPSA) is 78.4 Å². The Morgan fingerprint density at radius 3 is 2.30 bits per heavy atom. The molecule has 0 bridgehead atoms. The van der Waals surface area contributed by atoms with Crippen molar-refractivity contribution in [3.63, 3.8) is 0 Å². The van der Waals surface area contributed by atoms with Gasteiger partial charge in [0.05, 0.1) is 0 Å². The summed E-state index contributed by atoms with van der Waals surface area (Å²) in [4.78, 5) is 35.5. The van der Waals surface area contributed by atoms with Crippen LogP contribution in [-0.2, 0) is 9.59 Å². The number of carbonyl (C=O) groups is 2. The van der Waals surface area contributed by atoms with Crippen LogP contribution in [-0.4, -0.2) is 58.9 Å². The van der Waals surface area contributed by atoms with Gasteiger partial charge in [-0.25, -0.2) is 9.97 Å². The van der Waals surface area contributed by atoms with E-state index in [2.05, 4.69) is 15.3 Å². The molecule has 1 aliphatic rings. The zero-order valence-electron chi connectivity index (χ0n) is 11.7. The van der Waals surface area contributed by atoms with E-state index in [1.54, 1.807) is 23.4 Å². The summed E-state index contributed by atoms with van der Waals surface area (Å²) in [5, 5.41) is 2.61. The first-order valence-electron chi connectivity index (χ1n) is 6.69. The summed E-state index contributed by atoms with van der Waals surface area (Å²) in [6, 6.07) is 1.73. The monoisotopic (exact) mass is 277 g/mol. The molecule has 0 unspecified atom stereocenters. The van der Waals surface area contributed by atoms with Gasteiger partial charge in [-0.15, -0.1) is 0 Å². The van der Waals surface area contributed by atoms with Crippen LogP contribution in [0.1, 0.15) is 13.8 Å². The lowest BCUT2D eigenvalue weighted by Gasteiger charge is -2.34. The quantitative estimate of drug-likeness (QED) is 0.748. The molecule has 0 aliphatic carbocycles. The Morgan fingerprint density at radius 1 is 1.15 bits per heavy atom. The summed E-state index contributed by atoms with van der Waals surface area (Å²) in [6.45, 7) is 5.92. The largest absolute Gasteiger partial charge is 0.346 e. The van der Waals surface area contributed by atoms with Crippen molar-refractivity contribution in [3.05, 3.63) is 18.5 Å². The average Bonchev–Trinajstić information content (AvgIpc) is 2.47. The van der Waals surface area contributed by atoms with E-state index in [4.69, 9.17) is 0 Å². The van der Waals surface area contributed by atoms with Crippen LogP contribution in [0.15, 0.2) is 18.5 Å². The molecule has 2 amide bonds. The van der Waals surface area contributed by atoms with E-state index in [0.717, 1.165) is 0 Å². The van der Waals surface area contributed by atoms with Crippen molar-refractivity contribution in [3.8, 4) is 0 Å². The van der Waals surface area contributed by atoms with E-state index >= 15 is 0 Å². The van der Waals surface area contributed by atoms with Gasteiger partial charge in [0.1, 0.15) is 0 Å². The molecular formula is C13H19N5O2. The molecule has 0 saturated carbocycles. The lowest BCUT2D eigenvalue weighted by Crippen LogP contribution is -2.53. The zero-order valence-corrected chi connectivity index (χ0v) is 11.7. The van der Waals surface area contributed by atoms with Crippen molar-refractivity contribution < 1.29 is 9.59 Å². The summed E-state index contributed by atoms with van der Waals surface area (Å²) in [7, 11) is 0. The number of aromatic nitrogens is 2. The van der Waals surface area contributed by atoms with E-state index in [0.29, 0.717) is 32.1 Å². The van der Waals surface area contributed by atoms with Crippen LogP contribution in [0, 0.1) is 0 Å². The van der Waals surface area contributed by atoms with Gasteiger partial charge in [-0.2, -0.15) is 0 Å². The lowest BCUT2D eigenvalue weighted by atomic mass is 10.3. The highest BCUT2D eigenvalue weighted by molar-refractivity contribution is 6.35. The summed E-state index contributed by atoms with van der Waals surface area (Å²) >= 11 is 0. The van der Waals surface area contributed by atoms with Gasteiger partial charge in [0, 0.05) is 44.6 Å². The number of rotatable bonds is 2. The Balaban J connectivity index is 1.88. The Morgan fingerprint density at radius 2 is 1.75 bits per heavy atom. The number of amides is 2. The third kappa shape index (κ3) is 3.43. The molecule has 1 aromatic rings. The molecule has 1 N–H and O–H groups in total. The van der Waals surface area contributed by atoms with E-state index in [9.17, 15) is 9.59 Å². The molecule has 1 aliphatic heterocycles. The minimum Gasteiger partial charge on any atom is -0.346 e. The molecule has 0 spiro atoms. The van der Waals surface area contributed by atoms with Crippen LogP contribution in [0.3, 0.4) is 0 Å². The van der Waals surface area contributed by atoms with Crippen molar-refractivity contribution in [2.75, 3.05) is 31.1 Å². The maximum atomic E-state index is 11.9. The average molecular weight is 277 g/mol. The standard InChI is InChI=1S/C13H19N5O2/c1-10(2)16-11(19)12(20)17-6-8-18(9-7-17)13-14-4-3-5-15-13/h3-5,10H,6-9H2,1-2H3,(H,16,19). The fourth-order valence-electron chi connectivity index (χ4n) is 2.03. The van der Waals surface area contributed by atoms with Crippen molar-refractivity contribution in [2.24, 2.45) is 0 Å². The summed E-state index contributed by atoms with van der Waals surface area (Å²) in [5.74, 6) is -0.344. The number of carbonyl (C=O) groups excluding carboxylic acids is 2. The molecule has 2 heterocycles. The second-order valence-corrected chi connectivity index (χ2v) is 4.96. The van der Waals surface area contributed by atoms with Gasteiger partial charge in [-0.05, 0) is 19.9 Å². The maximum Gasteiger partial charge on any atom is 0.312 e. The molecule has 1 fully saturated rings. The molecule has 1 saturated heterocycles. The minimum absolute atomic E-state index is 0.0366. The van der Waals surface area contributed by atoms with Crippen LogP contribution in [0.2, 0.25) is 0 Å². The molecular weight excluding hydrogens is 258 g/mol. The van der Waals surface area contributed by atoms with Gasteiger partial charge in [-0.1, -0.05) is 0 Å². The van der Waals surface area contributed by atoms with Gasteiger partial charge in [-0.3, -0.25) is 9.59 Å². The van der Waals surface area contributed by atoms with Crippen LogP contribution < -0.4 is 10.2 Å². The van der Waals surface area contributed by atoms with Gasteiger partial charge in [0.15, 0.2) is 0 Å². The summed E-state index contributed by atoms with van der Waals surface area (Å²) < 4.78 is 0. The number of hydrogen-bond acceptors (Lipinski definition) is 5. The molecule has 1 aromatic heterocycles. The normalized spacial score (nSPS) is 15.3. The Labute approximate surface area is 118 Å². The van der Waals surface area contributed by atoms with E-state index in [1.807, 2.05) is 18.7 Å². The SMILES string of the molecule is CC(C)NC(=O)C(=O)N1CCN(c2ncccn2)CC1. The number of anilines is 1. The van der Waals surface area contributed by atoms with E-state index < -0.39 is 11.8 Å². The molecule has 7 heteroatoms. The zero-order chi connectivity index (χ0) is 14.5. The van der Waals surface area contributed by atoms with Gasteiger partial charge in [0.25, 0.3) is 0 Å². The Bertz CT molecular complexity index is 469. The first-order valence-corrected chi connectivity index (χ1v) is 6.69. The summed E-state index contributed by atoms with van der Waals surface area (Å²) in [5.41, 5.74) is 0. The van der Waals surface area contributed by atoms with Gasteiger partial charge in [0.2, 0.25) is 5.95 Å². The predicted molar refractivity (Wildman–Crippen MR) is 74.1 cm³/mol. The van der Waals surface area contributed by atoms with Crippen LogP contribution in [0.25, 0.3) is 0 Å². The number of piperazine rings is 1. The molecule has 108 valence electrons. The van der Waals surface area contributed by atoms with Crippen LogP contribution in [0.5, 0.6) is 0 Å². The number of hydrogen-bond donors (Lipinski definition) is 1. The number of nitrogens with one attached hydrogen (secondary N) is 1. The van der Waals surface area contributed by atoms with Crippen LogP contribution in [0.4, 0.5) is 5.95 Å². The smallest absolute Gasteiger partial charge is 0.312 e. The Kier molecular flexibility index (Phi) is 4.49. The second-order valence-electron chi connectivity index (χ2n) is 4.96. The lowest BCUT2D eigenvalue weighted by molar-refractivity contribution is -0.146. The van der Waals surface area contributed by atoms with Gasteiger partial charge >= 0.3 is 11.8 Å². The molecule has 20 heavy (non-hydrogen) atoms. The van der Waals surface area contributed by atoms with Crippen molar-refractivity contribution in [2.45, 2.75) is 19.9 Å². The van der Waals surface area contributed by atoms with Gasteiger partial charge < -0.3 is 15.1 Å². The molecule has 0 aromatic carbocycles. The molecule has 0 radical (unpaired) electrons. The van der Waals surface area contributed by atoms with E-state index in [1.165, 1.54) is 0 Å². The third-order valence-corrected chi connectivity index (χ3v) is 3.02. The summed E-state index contributed by atoms with van der Waals surface area (Å²) in [6.07, 6.45) is 3.38. The maximum absolute atomic E-state index is 11.9. The van der Waals surface area contributed by atoms with Crippen molar-refractivity contribution >= 4 is 17.8 Å². The second kappa shape index (κ2) is 6.31. The molecule has 7 nitrogen and oxygen atoms in total. The Hall–Kier alpha value is -2.18. The predicted octanol–water partition coefficient (Wildman–Crippen LogP) is -0.350. The first-order chi connectivity index (χ1) is 9.58. The van der Waals surface area contributed by atoms with Crippen LogP contribution >= 0.6 is 0 Å². The third-order valence-electron chi connectivity index (χ3n) is 3.02. The molecule has 2 rings (SSSR count). The van der Waals surface area contributed by atoms with Crippen molar-refractivity contribution in [1.29, 1.82) is 0 Å². The van der Waals surface area contributed by atoms with E-state index in [-0.39, 0.29) is 6.04 Å². The highest BCUT2D eigenvalue weighted by Gasteiger charge is 2.26. The molecule has 0 atom stereocenters. The highest BCUT2D eigenvalue weighted by Crippen LogP contribution is 2.09. The first kappa shape index (κ1) is 14.2.